The van der Waals surface area contributed by atoms with Crippen molar-refractivity contribution in [1.29, 1.82) is 0 Å². The number of anilines is 1. The Balaban J connectivity index is 1.75. The average molecular weight is 435 g/mol. The van der Waals surface area contributed by atoms with Crippen LogP contribution < -0.4 is 9.62 Å². The predicted molar refractivity (Wildman–Crippen MR) is 117 cm³/mol. The van der Waals surface area contributed by atoms with E-state index in [2.05, 4.69) is 5.32 Å². The van der Waals surface area contributed by atoms with Crippen molar-refractivity contribution >= 4 is 33.2 Å². The van der Waals surface area contributed by atoms with Gasteiger partial charge in [-0.15, -0.1) is 0 Å². The third-order valence-corrected chi connectivity index (χ3v) is 7.44. The number of benzene rings is 2. The van der Waals surface area contributed by atoms with Crippen molar-refractivity contribution < 1.29 is 13.2 Å². The van der Waals surface area contributed by atoms with Crippen LogP contribution in [0.2, 0.25) is 5.02 Å². The summed E-state index contributed by atoms with van der Waals surface area (Å²) in [6.07, 6.45) is 7.97. The molecule has 2 aromatic rings. The molecular formula is C22H27ClN2O3S. The summed E-state index contributed by atoms with van der Waals surface area (Å²) < 4.78 is 27.0. The van der Waals surface area contributed by atoms with Crippen molar-refractivity contribution in [2.75, 3.05) is 11.4 Å². The standard InChI is InChI=1S/C22H27ClN2O3S/c1-25(29(27,28)21-14-12-18(23)13-15-21)20-11-7-8-17(16-20)22(26)24-19-9-5-3-2-4-6-10-19/h7-8,11-16,19H,2-6,9-10H2,1H3,(H,24,26). The van der Waals surface area contributed by atoms with E-state index in [1.165, 1.54) is 42.7 Å². The van der Waals surface area contributed by atoms with E-state index < -0.39 is 10.0 Å². The molecule has 0 atom stereocenters. The maximum absolute atomic E-state index is 12.9. The molecule has 0 heterocycles. The highest BCUT2D eigenvalue weighted by atomic mass is 35.5. The van der Waals surface area contributed by atoms with Crippen LogP contribution in [0.4, 0.5) is 5.69 Å². The summed E-state index contributed by atoms with van der Waals surface area (Å²) >= 11 is 5.86. The second-order valence-electron chi connectivity index (χ2n) is 7.49. The van der Waals surface area contributed by atoms with Crippen LogP contribution in [0.5, 0.6) is 0 Å². The summed E-state index contributed by atoms with van der Waals surface area (Å²) in [4.78, 5) is 12.9. The molecule has 1 N–H and O–H groups in total. The number of halogens is 1. The van der Waals surface area contributed by atoms with Crippen molar-refractivity contribution in [2.45, 2.75) is 55.9 Å². The second kappa shape index (κ2) is 9.63. The maximum atomic E-state index is 12.9. The van der Waals surface area contributed by atoms with E-state index in [1.54, 1.807) is 36.4 Å². The Labute approximate surface area is 178 Å². The zero-order valence-corrected chi connectivity index (χ0v) is 18.2. The van der Waals surface area contributed by atoms with E-state index in [9.17, 15) is 13.2 Å². The van der Waals surface area contributed by atoms with Crippen molar-refractivity contribution in [1.82, 2.24) is 5.32 Å². The van der Waals surface area contributed by atoms with Gasteiger partial charge in [-0.25, -0.2) is 8.42 Å². The Morgan fingerprint density at radius 1 is 1.00 bits per heavy atom. The molecule has 0 radical (unpaired) electrons. The highest BCUT2D eigenvalue weighted by Gasteiger charge is 2.22. The van der Waals surface area contributed by atoms with E-state index in [-0.39, 0.29) is 16.8 Å². The van der Waals surface area contributed by atoms with Crippen LogP contribution in [-0.4, -0.2) is 27.4 Å². The molecule has 0 aromatic heterocycles. The smallest absolute Gasteiger partial charge is 0.264 e. The molecule has 29 heavy (non-hydrogen) atoms. The van der Waals surface area contributed by atoms with Gasteiger partial charge in [0.05, 0.1) is 10.6 Å². The van der Waals surface area contributed by atoms with E-state index >= 15 is 0 Å². The predicted octanol–water partition coefficient (Wildman–Crippen LogP) is 5.01. The molecule has 3 rings (SSSR count). The van der Waals surface area contributed by atoms with Crippen molar-refractivity contribution in [3.8, 4) is 0 Å². The van der Waals surface area contributed by atoms with Crippen molar-refractivity contribution in [3.63, 3.8) is 0 Å². The minimum absolute atomic E-state index is 0.147. The number of carbonyl (C=O) groups is 1. The fourth-order valence-electron chi connectivity index (χ4n) is 3.62. The second-order valence-corrected chi connectivity index (χ2v) is 9.90. The van der Waals surface area contributed by atoms with Gasteiger partial charge in [0.1, 0.15) is 0 Å². The summed E-state index contributed by atoms with van der Waals surface area (Å²) in [6.45, 7) is 0. The molecule has 156 valence electrons. The first-order valence-electron chi connectivity index (χ1n) is 10.0. The summed E-state index contributed by atoms with van der Waals surface area (Å²) in [7, 11) is -2.26. The number of nitrogens with one attached hydrogen (secondary N) is 1. The number of carbonyl (C=O) groups excluding carboxylic acids is 1. The van der Waals surface area contributed by atoms with Crippen LogP contribution >= 0.6 is 11.6 Å². The zero-order valence-electron chi connectivity index (χ0n) is 16.6. The number of amides is 1. The molecule has 2 aromatic carbocycles. The van der Waals surface area contributed by atoms with Gasteiger partial charge in [-0.05, 0) is 55.3 Å². The fourth-order valence-corrected chi connectivity index (χ4v) is 4.93. The van der Waals surface area contributed by atoms with Crippen molar-refractivity contribution in [2.24, 2.45) is 0 Å². The fraction of sp³-hybridized carbons (Fsp3) is 0.409. The highest BCUT2D eigenvalue weighted by Crippen LogP contribution is 2.24. The normalized spacial score (nSPS) is 15.9. The Hall–Kier alpha value is -2.05. The largest absolute Gasteiger partial charge is 0.349 e. The Bertz CT molecular complexity index is 937. The van der Waals surface area contributed by atoms with Gasteiger partial charge in [0.2, 0.25) is 0 Å². The first-order valence-corrected chi connectivity index (χ1v) is 11.8. The highest BCUT2D eigenvalue weighted by molar-refractivity contribution is 7.92. The van der Waals surface area contributed by atoms with Gasteiger partial charge >= 0.3 is 0 Å². The number of rotatable bonds is 5. The molecule has 0 unspecified atom stereocenters. The lowest BCUT2D eigenvalue weighted by atomic mass is 9.96. The Morgan fingerprint density at radius 2 is 1.62 bits per heavy atom. The molecule has 1 aliphatic rings. The molecular weight excluding hydrogens is 408 g/mol. The molecule has 1 fully saturated rings. The van der Waals surface area contributed by atoms with E-state index in [4.69, 9.17) is 11.6 Å². The summed E-state index contributed by atoms with van der Waals surface area (Å²) in [6, 6.07) is 12.9. The van der Waals surface area contributed by atoms with Crippen LogP contribution in [0.1, 0.15) is 55.3 Å². The number of sulfonamides is 1. The lowest BCUT2D eigenvalue weighted by Gasteiger charge is -2.22. The van der Waals surface area contributed by atoms with E-state index in [0.717, 1.165) is 25.7 Å². The lowest BCUT2D eigenvalue weighted by Crippen LogP contribution is -2.35. The molecule has 0 spiro atoms. The van der Waals surface area contributed by atoms with Gasteiger partial charge in [0.15, 0.2) is 0 Å². The quantitative estimate of drug-likeness (QED) is 0.719. The maximum Gasteiger partial charge on any atom is 0.264 e. The SMILES string of the molecule is CN(c1cccc(C(=O)NC2CCCCCCC2)c1)S(=O)(=O)c1ccc(Cl)cc1. The number of hydrogen-bond donors (Lipinski definition) is 1. The Morgan fingerprint density at radius 3 is 2.28 bits per heavy atom. The minimum atomic E-state index is -3.74. The van der Waals surface area contributed by atoms with Gasteiger partial charge in [-0.1, -0.05) is 49.8 Å². The summed E-state index contributed by atoms with van der Waals surface area (Å²) in [5, 5.41) is 3.60. The van der Waals surface area contributed by atoms with Gasteiger partial charge < -0.3 is 5.32 Å². The molecule has 0 bridgehead atoms. The first kappa shape index (κ1) is 21.7. The third kappa shape index (κ3) is 5.52. The van der Waals surface area contributed by atoms with Gasteiger partial charge in [0, 0.05) is 23.7 Å². The van der Waals surface area contributed by atoms with Gasteiger partial charge in [-0.2, -0.15) is 0 Å². The first-order chi connectivity index (χ1) is 13.9. The molecule has 1 amide bonds. The van der Waals surface area contributed by atoms with Crippen molar-refractivity contribution in [3.05, 3.63) is 59.1 Å². The molecule has 0 saturated heterocycles. The molecule has 1 aliphatic carbocycles. The minimum Gasteiger partial charge on any atom is -0.349 e. The molecule has 0 aliphatic heterocycles. The van der Waals surface area contributed by atoms with Crippen LogP contribution in [0.25, 0.3) is 0 Å². The third-order valence-electron chi connectivity index (χ3n) is 5.38. The number of nitrogens with zero attached hydrogens (tertiary/aromatic N) is 1. The monoisotopic (exact) mass is 434 g/mol. The topological polar surface area (TPSA) is 66.5 Å². The van der Waals surface area contributed by atoms with Crippen LogP contribution in [0.15, 0.2) is 53.4 Å². The zero-order chi connectivity index (χ0) is 20.9. The molecule has 1 saturated carbocycles. The molecule has 7 heteroatoms. The Kier molecular flexibility index (Phi) is 7.19. The van der Waals surface area contributed by atoms with Crippen LogP contribution in [0.3, 0.4) is 0 Å². The number of hydrogen-bond acceptors (Lipinski definition) is 3. The van der Waals surface area contributed by atoms with Gasteiger partial charge in [-0.3, -0.25) is 9.10 Å². The average Bonchev–Trinajstić information content (AvgIpc) is 2.69. The van der Waals surface area contributed by atoms with Crippen LogP contribution in [0, 0.1) is 0 Å². The summed E-state index contributed by atoms with van der Waals surface area (Å²) in [5.74, 6) is -0.158. The summed E-state index contributed by atoms with van der Waals surface area (Å²) in [5.41, 5.74) is 0.896. The van der Waals surface area contributed by atoms with Gasteiger partial charge in [0.25, 0.3) is 15.9 Å². The van der Waals surface area contributed by atoms with Crippen LogP contribution in [-0.2, 0) is 10.0 Å². The lowest BCUT2D eigenvalue weighted by molar-refractivity contribution is 0.0930. The van der Waals surface area contributed by atoms with E-state index in [0.29, 0.717) is 16.3 Å². The van der Waals surface area contributed by atoms with E-state index in [1.807, 2.05) is 0 Å². The molecule has 5 nitrogen and oxygen atoms in total.